The van der Waals surface area contributed by atoms with Gasteiger partial charge in [-0.2, -0.15) is 0 Å². The lowest BCUT2D eigenvalue weighted by Gasteiger charge is -2.57. The summed E-state index contributed by atoms with van der Waals surface area (Å²) < 4.78 is 6.72. The first kappa shape index (κ1) is 32.8. The molecular weight excluding hydrogens is 667 g/mol. The van der Waals surface area contributed by atoms with Crippen LogP contribution in [0.5, 0.6) is 0 Å². The van der Waals surface area contributed by atoms with Crippen LogP contribution in [0, 0.1) is 17.8 Å². The van der Waals surface area contributed by atoms with Crippen molar-refractivity contribution < 1.29 is 4.42 Å². The zero-order chi connectivity index (χ0) is 36.7. The van der Waals surface area contributed by atoms with Crippen molar-refractivity contribution in [2.75, 3.05) is 4.90 Å². The maximum absolute atomic E-state index is 6.72. The number of rotatable bonds is 7. The van der Waals surface area contributed by atoms with E-state index in [1.54, 1.807) is 5.56 Å². The van der Waals surface area contributed by atoms with Gasteiger partial charge in [-0.25, -0.2) is 0 Å². The molecule has 8 aromatic rings. The van der Waals surface area contributed by atoms with Crippen molar-refractivity contribution in [2.45, 2.75) is 63.7 Å². The van der Waals surface area contributed by atoms with Crippen molar-refractivity contribution in [1.82, 2.24) is 0 Å². The lowest BCUT2D eigenvalue weighted by atomic mass is 9.48. The Morgan fingerprint density at radius 2 is 1.05 bits per heavy atom. The van der Waals surface area contributed by atoms with E-state index < -0.39 is 0 Å². The predicted octanol–water partition coefficient (Wildman–Crippen LogP) is 15.1. The van der Waals surface area contributed by atoms with E-state index in [0.717, 1.165) is 40.0 Å². The lowest BCUT2D eigenvalue weighted by molar-refractivity contribution is -0.00518. The summed E-state index contributed by atoms with van der Waals surface area (Å²) in [5.41, 5.74) is 13.6. The third-order valence-corrected chi connectivity index (χ3v) is 13.6. The van der Waals surface area contributed by atoms with Crippen LogP contribution >= 0.6 is 0 Å². The fourth-order valence-corrected chi connectivity index (χ4v) is 11.5. The van der Waals surface area contributed by atoms with Crippen molar-refractivity contribution in [1.29, 1.82) is 0 Å². The second-order valence-electron chi connectivity index (χ2n) is 17.4. The summed E-state index contributed by atoms with van der Waals surface area (Å²) in [4.78, 5) is 2.49. The van der Waals surface area contributed by atoms with Gasteiger partial charge in [-0.1, -0.05) is 129 Å². The minimum absolute atomic E-state index is 0.365. The SMILES string of the molecule is CC(C)c1cccc2oc3c4ccccc4c(N(c4ccc(-c5ccc(-c6ccccc6)cc5)cc4)c4ccc(C56CC7CC(CC(C7)C5)C6)cc4)cc3c12. The molecule has 2 nitrogen and oxygen atoms in total. The lowest BCUT2D eigenvalue weighted by Crippen LogP contribution is -2.48. The zero-order valence-electron chi connectivity index (χ0n) is 31.8. The molecule has 0 atom stereocenters. The average molecular weight is 714 g/mol. The summed E-state index contributed by atoms with van der Waals surface area (Å²) in [6, 6.07) is 56.3. The summed E-state index contributed by atoms with van der Waals surface area (Å²) in [5.74, 6) is 3.15. The van der Waals surface area contributed by atoms with E-state index in [1.807, 2.05) is 0 Å². The number of hydrogen-bond acceptors (Lipinski definition) is 2. The molecule has 0 aliphatic heterocycles. The van der Waals surface area contributed by atoms with Crippen LogP contribution in [0.4, 0.5) is 17.1 Å². The highest BCUT2D eigenvalue weighted by atomic mass is 16.3. The molecule has 4 fully saturated rings. The molecule has 0 spiro atoms. The second kappa shape index (κ2) is 12.7. The van der Waals surface area contributed by atoms with E-state index in [0.29, 0.717) is 11.3 Å². The fourth-order valence-electron chi connectivity index (χ4n) is 11.5. The maximum atomic E-state index is 6.72. The quantitative estimate of drug-likeness (QED) is 0.163. The molecule has 7 aromatic carbocycles. The molecule has 1 aromatic heterocycles. The summed E-state index contributed by atoms with van der Waals surface area (Å²) in [6.07, 6.45) is 8.54. The van der Waals surface area contributed by atoms with Gasteiger partial charge >= 0.3 is 0 Å². The summed E-state index contributed by atoms with van der Waals surface area (Å²) in [6.45, 7) is 4.56. The molecule has 0 N–H and O–H groups in total. The number of anilines is 3. The summed E-state index contributed by atoms with van der Waals surface area (Å²) >= 11 is 0. The third kappa shape index (κ3) is 5.44. The van der Waals surface area contributed by atoms with Crippen LogP contribution < -0.4 is 4.90 Å². The number of nitrogens with zero attached hydrogens (tertiary/aromatic N) is 1. The van der Waals surface area contributed by atoms with Crippen LogP contribution in [0.1, 0.15) is 69.4 Å². The van der Waals surface area contributed by atoms with Crippen LogP contribution in [0.15, 0.2) is 156 Å². The van der Waals surface area contributed by atoms with Gasteiger partial charge in [0.2, 0.25) is 0 Å². The summed E-state index contributed by atoms with van der Waals surface area (Å²) in [7, 11) is 0. The average Bonchev–Trinajstić information content (AvgIpc) is 3.60. The molecule has 0 saturated heterocycles. The van der Waals surface area contributed by atoms with Crippen molar-refractivity contribution in [3.8, 4) is 22.3 Å². The zero-order valence-corrected chi connectivity index (χ0v) is 31.8. The molecule has 55 heavy (non-hydrogen) atoms. The highest BCUT2D eigenvalue weighted by Gasteiger charge is 2.51. The Kier molecular flexibility index (Phi) is 7.60. The van der Waals surface area contributed by atoms with E-state index >= 15 is 0 Å². The molecule has 4 aliphatic carbocycles. The number of fused-ring (bicyclic) bond motifs is 5. The van der Waals surface area contributed by atoms with Crippen LogP contribution in [0.3, 0.4) is 0 Å². The Labute approximate surface area is 324 Å². The van der Waals surface area contributed by atoms with Gasteiger partial charge in [0.25, 0.3) is 0 Å². The molecule has 12 rings (SSSR count). The molecule has 0 amide bonds. The number of hydrogen-bond donors (Lipinski definition) is 0. The highest BCUT2D eigenvalue weighted by molar-refractivity contribution is 6.20. The molecule has 0 unspecified atom stereocenters. The van der Waals surface area contributed by atoms with Crippen LogP contribution in [-0.2, 0) is 5.41 Å². The van der Waals surface area contributed by atoms with Crippen LogP contribution in [-0.4, -0.2) is 0 Å². The molecule has 4 bridgehead atoms. The normalized spacial score (nSPS) is 21.6. The molecule has 4 aliphatic rings. The van der Waals surface area contributed by atoms with Crippen LogP contribution in [0.25, 0.3) is 55.0 Å². The second-order valence-corrected chi connectivity index (χ2v) is 17.4. The van der Waals surface area contributed by atoms with Crippen molar-refractivity contribution in [3.63, 3.8) is 0 Å². The minimum atomic E-state index is 0.365. The van der Waals surface area contributed by atoms with E-state index in [9.17, 15) is 0 Å². The largest absolute Gasteiger partial charge is 0.455 e. The van der Waals surface area contributed by atoms with Gasteiger partial charge in [0.1, 0.15) is 11.2 Å². The third-order valence-electron chi connectivity index (χ3n) is 13.6. The standard InChI is InChI=1S/C53H47NO/c1-34(2)45-13-8-14-50-51(45)48-30-49(46-11-6-7-12-47(46)52(48)55-50)54(44-25-21-42(22-26-44)53-31-35-27-36(32-53)29-37(28-35)33-53)43-23-19-41(20-24-43)40-17-15-39(16-18-40)38-9-4-3-5-10-38/h3-26,30,34-37H,27-29,31-33H2,1-2H3. The van der Waals surface area contributed by atoms with Gasteiger partial charge in [0, 0.05) is 32.9 Å². The van der Waals surface area contributed by atoms with Gasteiger partial charge in [-0.15, -0.1) is 0 Å². The van der Waals surface area contributed by atoms with Gasteiger partial charge in [0.15, 0.2) is 0 Å². The van der Waals surface area contributed by atoms with Crippen molar-refractivity contribution >= 4 is 49.8 Å². The Morgan fingerprint density at radius 3 is 1.65 bits per heavy atom. The Morgan fingerprint density at radius 1 is 0.527 bits per heavy atom. The molecule has 0 radical (unpaired) electrons. The molecular formula is C53H47NO. The van der Waals surface area contributed by atoms with Gasteiger partial charge in [0.05, 0.1) is 5.69 Å². The summed E-state index contributed by atoms with van der Waals surface area (Å²) in [5, 5.41) is 4.74. The van der Waals surface area contributed by atoms with Gasteiger partial charge in [-0.05, 0) is 137 Å². The molecule has 4 saturated carbocycles. The monoisotopic (exact) mass is 713 g/mol. The highest BCUT2D eigenvalue weighted by Crippen LogP contribution is 2.61. The fraction of sp³-hybridized carbons (Fsp3) is 0.245. The first-order chi connectivity index (χ1) is 27.0. The van der Waals surface area contributed by atoms with E-state index in [1.165, 1.54) is 93.9 Å². The number of benzene rings is 7. The van der Waals surface area contributed by atoms with E-state index in [-0.39, 0.29) is 0 Å². The van der Waals surface area contributed by atoms with Crippen LogP contribution in [0.2, 0.25) is 0 Å². The van der Waals surface area contributed by atoms with E-state index in [4.69, 9.17) is 4.42 Å². The maximum Gasteiger partial charge on any atom is 0.143 e. The Bertz CT molecular complexity index is 2650. The minimum Gasteiger partial charge on any atom is -0.455 e. The first-order valence-electron chi connectivity index (χ1n) is 20.5. The topological polar surface area (TPSA) is 16.4 Å². The van der Waals surface area contributed by atoms with Gasteiger partial charge in [-0.3, -0.25) is 0 Å². The molecule has 2 heteroatoms. The first-order valence-corrected chi connectivity index (χ1v) is 20.5. The smallest absolute Gasteiger partial charge is 0.143 e. The van der Waals surface area contributed by atoms with Crippen molar-refractivity contribution in [2.24, 2.45) is 17.8 Å². The Balaban J connectivity index is 1.06. The van der Waals surface area contributed by atoms with E-state index in [2.05, 4.69) is 170 Å². The van der Waals surface area contributed by atoms with Gasteiger partial charge < -0.3 is 9.32 Å². The number of furan rings is 1. The Hall–Kier alpha value is -5.60. The van der Waals surface area contributed by atoms with Crippen molar-refractivity contribution in [3.05, 3.63) is 163 Å². The predicted molar refractivity (Wildman–Crippen MR) is 231 cm³/mol. The molecule has 1 heterocycles. The molecule has 270 valence electrons.